The van der Waals surface area contributed by atoms with Crippen LogP contribution in [0.4, 0.5) is 8.78 Å². The van der Waals surface area contributed by atoms with E-state index in [-0.39, 0.29) is 11.0 Å². The number of ether oxygens (including phenoxy) is 1. The lowest BCUT2D eigenvalue weighted by Crippen LogP contribution is -2.34. The standard InChI is InChI=1S/C12H15F2NO3S/c13-12(14)19(16,17)11-3-1-9(2-4-11)18-10-5-7-15-8-6-10/h1-4,10,12,15H,5-8H2. The van der Waals surface area contributed by atoms with Crippen LogP contribution in [0, 0.1) is 0 Å². The summed E-state index contributed by atoms with van der Waals surface area (Å²) < 4.78 is 52.8. The average molecular weight is 291 g/mol. The first-order chi connectivity index (χ1) is 9.00. The molecule has 0 saturated carbocycles. The number of sulfone groups is 1. The molecule has 1 fully saturated rings. The lowest BCUT2D eigenvalue weighted by atomic mass is 10.1. The van der Waals surface area contributed by atoms with Gasteiger partial charge in [0.05, 0.1) is 4.90 Å². The van der Waals surface area contributed by atoms with Crippen molar-refractivity contribution in [2.75, 3.05) is 13.1 Å². The van der Waals surface area contributed by atoms with Crippen molar-refractivity contribution in [3.63, 3.8) is 0 Å². The predicted molar refractivity (Wildman–Crippen MR) is 66.2 cm³/mol. The zero-order valence-corrected chi connectivity index (χ0v) is 11.0. The smallest absolute Gasteiger partial charge is 0.341 e. The Morgan fingerprint density at radius 1 is 1.16 bits per heavy atom. The lowest BCUT2D eigenvalue weighted by Gasteiger charge is -2.23. The zero-order chi connectivity index (χ0) is 13.9. The van der Waals surface area contributed by atoms with Crippen LogP contribution in [0.5, 0.6) is 5.75 Å². The van der Waals surface area contributed by atoms with E-state index in [4.69, 9.17) is 4.74 Å². The first-order valence-corrected chi connectivity index (χ1v) is 7.54. The van der Waals surface area contributed by atoms with Crippen molar-refractivity contribution < 1.29 is 21.9 Å². The van der Waals surface area contributed by atoms with Gasteiger partial charge in [-0.2, -0.15) is 8.78 Å². The van der Waals surface area contributed by atoms with E-state index in [1.54, 1.807) is 0 Å². The van der Waals surface area contributed by atoms with Gasteiger partial charge in [-0.25, -0.2) is 8.42 Å². The van der Waals surface area contributed by atoms with Crippen LogP contribution in [0.15, 0.2) is 29.2 Å². The Morgan fingerprint density at radius 2 is 1.74 bits per heavy atom. The van der Waals surface area contributed by atoms with Crippen molar-refractivity contribution in [3.05, 3.63) is 24.3 Å². The third-order valence-electron chi connectivity index (χ3n) is 2.98. The van der Waals surface area contributed by atoms with E-state index in [1.807, 2.05) is 0 Å². The summed E-state index contributed by atoms with van der Waals surface area (Å²) in [5.41, 5.74) is 0. The number of hydrogen-bond donors (Lipinski definition) is 1. The van der Waals surface area contributed by atoms with Crippen molar-refractivity contribution in [2.24, 2.45) is 0 Å². The van der Waals surface area contributed by atoms with Crippen LogP contribution in [0.3, 0.4) is 0 Å². The highest BCUT2D eigenvalue weighted by Gasteiger charge is 2.26. The van der Waals surface area contributed by atoms with E-state index in [9.17, 15) is 17.2 Å². The fourth-order valence-electron chi connectivity index (χ4n) is 1.92. The Kier molecular flexibility index (Phi) is 4.36. The summed E-state index contributed by atoms with van der Waals surface area (Å²) in [6.45, 7) is 1.75. The molecule has 4 nitrogen and oxygen atoms in total. The highest BCUT2D eigenvalue weighted by atomic mass is 32.2. The SMILES string of the molecule is O=S(=O)(c1ccc(OC2CCNCC2)cc1)C(F)F. The molecule has 0 spiro atoms. The van der Waals surface area contributed by atoms with Crippen molar-refractivity contribution in [1.29, 1.82) is 0 Å². The Balaban J connectivity index is 2.06. The Hall–Kier alpha value is -1.21. The summed E-state index contributed by atoms with van der Waals surface area (Å²) in [6.07, 6.45) is 1.83. The lowest BCUT2D eigenvalue weighted by molar-refractivity contribution is 0.162. The number of rotatable bonds is 4. The van der Waals surface area contributed by atoms with Gasteiger partial charge in [0.1, 0.15) is 11.9 Å². The third kappa shape index (κ3) is 3.42. The number of piperidine rings is 1. The van der Waals surface area contributed by atoms with Crippen molar-refractivity contribution >= 4 is 9.84 Å². The van der Waals surface area contributed by atoms with Crippen molar-refractivity contribution in [3.8, 4) is 5.75 Å². The predicted octanol–water partition coefficient (Wildman–Crippen LogP) is 1.81. The minimum Gasteiger partial charge on any atom is -0.490 e. The van der Waals surface area contributed by atoms with Crippen LogP contribution >= 0.6 is 0 Å². The van der Waals surface area contributed by atoms with E-state index in [1.165, 1.54) is 12.1 Å². The van der Waals surface area contributed by atoms with E-state index < -0.39 is 15.6 Å². The largest absolute Gasteiger partial charge is 0.490 e. The second-order valence-electron chi connectivity index (χ2n) is 4.34. The molecule has 1 heterocycles. The van der Waals surface area contributed by atoms with Crippen LogP contribution < -0.4 is 10.1 Å². The molecule has 19 heavy (non-hydrogen) atoms. The van der Waals surface area contributed by atoms with Gasteiger partial charge < -0.3 is 10.1 Å². The second-order valence-corrected chi connectivity index (χ2v) is 6.26. The zero-order valence-electron chi connectivity index (χ0n) is 10.2. The fourth-order valence-corrected chi connectivity index (χ4v) is 2.64. The molecule has 106 valence electrons. The minimum atomic E-state index is -4.53. The van der Waals surface area contributed by atoms with Gasteiger partial charge in [-0.1, -0.05) is 0 Å². The summed E-state index contributed by atoms with van der Waals surface area (Å²) in [5.74, 6) is -2.90. The average Bonchev–Trinajstić information content (AvgIpc) is 2.40. The van der Waals surface area contributed by atoms with Gasteiger partial charge in [-0.15, -0.1) is 0 Å². The van der Waals surface area contributed by atoms with Gasteiger partial charge >= 0.3 is 5.76 Å². The monoisotopic (exact) mass is 291 g/mol. The first-order valence-electron chi connectivity index (χ1n) is 5.99. The maximum absolute atomic E-state index is 12.3. The van der Waals surface area contributed by atoms with Crippen molar-refractivity contribution in [2.45, 2.75) is 29.6 Å². The highest BCUT2D eigenvalue weighted by molar-refractivity contribution is 7.91. The van der Waals surface area contributed by atoms with Gasteiger partial charge in [0, 0.05) is 0 Å². The molecule has 0 bridgehead atoms. The molecule has 0 aromatic heterocycles. The maximum Gasteiger partial charge on any atom is 0.341 e. The molecule has 2 rings (SSSR count). The summed E-state index contributed by atoms with van der Waals surface area (Å²) in [6, 6.07) is 5.13. The van der Waals surface area contributed by atoms with Crippen LogP contribution in [0.25, 0.3) is 0 Å². The topological polar surface area (TPSA) is 55.4 Å². The normalized spacial score (nSPS) is 17.6. The fraction of sp³-hybridized carbons (Fsp3) is 0.500. The minimum absolute atomic E-state index is 0.0822. The summed E-state index contributed by atoms with van der Waals surface area (Å²) in [5, 5.41) is 3.20. The van der Waals surface area contributed by atoms with Crippen LogP contribution in [-0.2, 0) is 9.84 Å². The van der Waals surface area contributed by atoms with E-state index in [0.717, 1.165) is 38.1 Å². The molecular formula is C12H15F2NO3S. The molecule has 0 amide bonds. The molecule has 0 radical (unpaired) electrons. The van der Waals surface area contributed by atoms with Gasteiger partial charge in [-0.3, -0.25) is 0 Å². The van der Waals surface area contributed by atoms with Gasteiger partial charge in [0.25, 0.3) is 0 Å². The van der Waals surface area contributed by atoms with E-state index >= 15 is 0 Å². The van der Waals surface area contributed by atoms with E-state index in [0.29, 0.717) is 5.75 Å². The van der Waals surface area contributed by atoms with E-state index in [2.05, 4.69) is 5.32 Å². The van der Waals surface area contributed by atoms with Gasteiger partial charge in [0.15, 0.2) is 0 Å². The van der Waals surface area contributed by atoms with Crippen LogP contribution in [-0.4, -0.2) is 33.4 Å². The van der Waals surface area contributed by atoms with Gasteiger partial charge in [-0.05, 0) is 50.2 Å². The first kappa shape index (κ1) is 14.2. The molecule has 7 heteroatoms. The number of hydrogen-bond acceptors (Lipinski definition) is 4. The Morgan fingerprint density at radius 3 is 2.26 bits per heavy atom. The molecule has 1 N–H and O–H groups in total. The molecule has 0 unspecified atom stereocenters. The summed E-state index contributed by atoms with van der Waals surface area (Å²) in [7, 11) is -4.53. The third-order valence-corrected chi connectivity index (χ3v) is 4.37. The number of nitrogens with one attached hydrogen (secondary N) is 1. The summed E-state index contributed by atoms with van der Waals surface area (Å²) in [4.78, 5) is -0.389. The molecule has 0 aliphatic carbocycles. The quantitative estimate of drug-likeness (QED) is 0.919. The molecule has 1 aromatic rings. The molecule has 1 saturated heterocycles. The van der Waals surface area contributed by atoms with Crippen LogP contribution in [0.2, 0.25) is 0 Å². The number of halogens is 2. The molecule has 1 aromatic carbocycles. The molecular weight excluding hydrogens is 276 g/mol. The molecule has 1 aliphatic rings. The highest BCUT2D eigenvalue weighted by Crippen LogP contribution is 2.22. The maximum atomic E-state index is 12.3. The second kappa shape index (κ2) is 5.83. The van der Waals surface area contributed by atoms with Crippen LogP contribution in [0.1, 0.15) is 12.8 Å². The number of benzene rings is 1. The molecule has 0 atom stereocenters. The Labute approximate surface area is 110 Å². The summed E-state index contributed by atoms with van der Waals surface area (Å²) >= 11 is 0. The Bertz CT molecular complexity index is 510. The van der Waals surface area contributed by atoms with Crippen molar-refractivity contribution in [1.82, 2.24) is 5.32 Å². The molecule has 1 aliphatic heterocycles. The number of alkyl halides is 2. The van der Waals surface area contributed by atoms with Gasteiger partial charge in [0.2, 0.25) is 9.84 Å².